The van der Waals surface area contributed by atoms with Crippen LogP contribution in [-0.4, -0.2) is 31.2 Å². The maximum atomic E-state index is 12.0. The van der Waals surface area contributed by atoms with Crippen molar-refractivity contribution in [3.05, 3.63) is 34.3 Å². The Morgan fingerprint density at radius 1 is 1.40 bits per heavy atom. The van der Waals surface area contributed by atoms with Crippen LogP contribution in [0, 0.1) is 0 Å². The van der Waals surface area contributed by atoms with Crippen molar-refractivity contribution in [2.45, 2.75) is 31.9 Å². The highest BCUT2D eigenvalue weighted by molar-refractivity contribution is 9.10. The summed E-state index contributed by atoms with van der Waals surface area (Å²) in [5, 5.41) is 6.16. The van der Waals surface area contributed by atoms with Gasteiger partial charge in [0.25, 0.3) is 0 Å². The van der Waals surface area contributed by atoms with Crippen molar-refractivity contribution in [2.75, 3.05) is 19.7 Å². The third-order valence-corrected chi connectivity index (χ3v) is 4.10. The summed E-state index contributed by atoms with van der Waals surface area (Å²) in [6.07, 6.45) is 0. The number of hydrogen-bond donors (Lipinski definition) is 2. The van der Waals surface area contributed by atoms with E-state index in [-0.39, 0.29) is 18.1 Å². The van der Waals surface area contributed by atoms with Crippen LogP contribution in [0.15, 0.2) is 28.7 Å². The number of carbonyl (C=O) groups excluding carboxylic acids is 1. The number of rotatable bonds is 5. The molecule has 0 aliphatic carbocycles. The molecule has 1 aromatic rings. The summed E-state index contributed by atoms with van der Waals surface area (Å²) < 4.78 is 6.67. The SMILES string of the molecule is CC1(OCC(=O)NC(C)(C)c2ccc(Br)cc2)CNC1. The molecule has 1 amide bonds. The molecule has 1 saturated heterocycles. The van der Waals surface area contributed by atoms with Gasteiger partial charge in [-0.25, -0.2) is 0 Å². The average molecular weight is 341 g/mol. The van der Waals surface area contributed by atoms with Crippen LogP contribution in [0.3, 0.4) is 0 Å². The van der Waals surface area contributed by atoms with E-state index < -0.39 is 5.54 Å². The molecule has 110 valence electrons. The molecule has 1 heterocycles. The van der Waals surface area contributed by atoms with Gasteiger partial charge in [0, 0.05) is 17.6 Å². The predicted molar refractivity (Wildman–Crippen MR) is 82.5 cm³/mol. The van der Waals surface area contributed by atoms with Gasteiger partial charge in [-0.05, 0) is 38.5 Å². The molecule has 4 nitrogen and oxygen atoms in total. The molecule has 2 N–H and O–H groups in total. The van der Waals surface area contributed by atoms with Crippen LogP contribution in [-0.2, 0) is 15.1 Å². The number of amides is 1. The Morgan fingerprint density at radius 3 is 2.50 bits per heavy atom. The topological polar surface area (TPSA) is 50.4 Å². The van der Waals surface area contributed by atoms with E-state index in [0.717, 1.165) is 23.1 Å². The summed E-state index contributed by atoms with van der Waals surface area (Å²) in [7, 11) is 0. The van der Waals surface area contributed by atoms with Gasteiger partial charge < -0.3 is 15.4 Å². The largest absolute Gasteiger partial charge is 0.363 e. The van der Waals surface area contributed by atoms with Crippen molar-refractivity contribution < 1.29 is 9.53 Å². The monoisotopic (exact) mass is 340 g/mol. The molecule has 1 fully saturated rings. The Kier molecular flexibility index (Phi) is 4.52. The molecule has 0 bridgehead atoms. The fourth-order valence-electron chi connectivity index (χ4n) is 2.14. The standard InChI is InChI=1S/C15H21BrN2O2/c1-14(2,11-4-6-12(16)7-5-11)18-13(19)8-20-15(3)9-17-10-15/h4-7,17H,8-10H2,1-3H3,(H,18,19). The van der Waals surface area contributed by atoms with Crippen molar-refractivity contribution in [1.82, 2.24) is 10.6 Å². The van der Waals surface area contributed by atoms with E-state index in [1.807, 2.05) is 45.0 Å². The number of carbonyl (C=O) groups is 1. The quantitative estimate of drug-likeness (QED) is 0.863. The van der Waals surface area contributed by atoms with E-state index in [0.29, 0.717) is 0 Å². The van der Waals surface area contributed by atoms with Gasteiger partial charge in [0.2, 0.25) is 5.91 Å². The van der Waals surface area contributed by atoms with Crippen LogP contribution in [0.25, 0.3) is 0 Å². The average Bonchev–Trinajstić information content (AvgIpc) is 2.34. The van der Waals surface area contributed by atoms with Crippen LogP contribution in [0.5, 0.6) is 0 Å². The van der Waals surface area contributed by atoms with Crippen molar-refractivity contribution in [3.63, 3.8) is 0 Å². The van der Waals surface area contributed by atoms with Crippen LogP contribution in [0.4, 0.5) is 0 Å². The second-order valence-corrected chi connectivity index (χ2v) is 6.94. The molecule has 0 unspecified atom stereocenters. The van der Waals surface area contributed by atoms with E-state index in [2.05, 4.69) is 26.6 Å². The molecule has 1 aromatic carbocycles. The Hall–Kier alpha value is -0.910. The van der Waals surface area contributed by atoms with Gasteiger partial charge in [-0.2, -0.15) is 0 Å². The number of benzene rings is 1. The van der Waals surface area contributed by atoms with E-state index in [4.69, 9.17) is 4.74 Å². The molecule has 20 heavy (non-hydrogen) atoms. The van der Waals surface area contributed by atoms with Gasteiger partial charge in [-0.1, -0.05) is 28.1 Å². The lowest BCUT2D eigenvalue weighted by Crippen LogP contribution is -2.60. The molecule has 0 aromatic heterocycles. The first-order valence-corrected chi connectivity index (χ1v) is 7.52. The fraction of sp³-hybridized carbons (Fsp3) is 0.533. The van der Waals surface area contributed by atoms with E-state index in [1.165, 1.54) is 0 Å². The van der Waals surface area contributed by atoms with Crippen molar-refractivity contribution in [2.24, 2.45) is 0 Å². The minimum absolute atomic E-state index is 0.0916. The lowest BCUT2D eigenvalue weighted by molar-refractivity contribution is -0.137. The molecular formula is C15H21BrN2O2. The number of hydrogen-bond acceptors (Lipinski definition) is 3. The van der Waals surface area contributed by atoms with Crippen LogP contribution in [0.2, 0.25) is 0 Å². The Morgan fingerprint density at radius 2 is 2.00 bits per heavy atom. The second kappa shape index (κ2) is 5.84. The van der Waals surface area contributed by atoms with Gasteiger partial charge in [-0.3, -0.25) is 4.79 Å². The second-order valence-electron chi connectivity index (χ2n) is 6.02. The van der Waals surface area contributed by atoms with Crippen molar-refractivity contribution in [1.29, 1.82) is 0 Å². The molecular weight excluding hydrogens is 320 g/mol. The van der Waals surface area contributed by atoms with Gasteiger partial charge in [0.1, 0.15) is 6.61 Å². The molecule has 0 atom stereocenters. The Labute approximate surface area is 128 Å². The minimum atomic E-state index is -0.417. The molecule has 2 rings (SSSR count). The predicted octanol–water partition coefficient (Wildman–Crippen LogP) is 2.18. The number of ether oxygens (including phenoxy) is 1. The Balaban J connectivity index is 1.90. The third-order valence-electron chi connectivity index (χ3n) is 3.57. The summed E-state index contributed by atoms with van der Waals surface area (Å²) in [6.45, 7) is 7.68. The fourth-order valence-corrected chi connectivity index (χ4v) is 2.41. The van der Waals surface area contributed by atoms with E-state index in [1.54, 1.807) is 0 Å². The first-order valence-electron chi connectivity index (χ1n) is 6.73. The molecule has 1 aliphatic rings. The van der Waals surface area contributed by atoms with E-state index in [9.17, 15) is 4.79 Å². The highest BCUT2D eigenvalue weighted by Gasteiger charge is 2.33. The third kappa shape index (κ3) is 3.81. The minimum Gasteiger partial charge on any atom is -0.363 e. The normalized spacial score (nSPS) is 17.4. The smallest absolute Gasteiger partial charge is 0.246 e. The van der Waals surface area contributed by atoms with Crippen molar-refractivity contribution >= 4 is 21.8 Å². The maximum absolute atomic E-state index is 12.0. The van der Waals surface area contributed by atoms with Gasteiger partial charge in [0.15, 0.2) is 0 Å². The summed E-state index contributed by atoms with van der Waals surface area (Å²) in [5.74, 6) is -0.0916. The zero-order chi connectivity index (χ0) is 14.8. The maximum Gasteiger partial charge on any atom is 0.246 e. The van der Waals surface area contributed by atoms with Crippen LogP contribution < -0.4 is 10.6 Å². The lowest BCUT2D eigenvalue weighted by Gasteiger charge is -2.39. The highest BCUT2D eigenvalue weighted by atomic mass is 79.9. The molecule has 0 spiro atoms. The molecule has 0 saturated carbocycles. The number of halogens is 1. The van der Waals surface area contributed by atoms with Gasteiger partial charge in [-0.15, -0.1) is 0 Å². The lowest BCUT2D eigenvalue weighted by atomic mass is 9.94. The van der Waals surface area contributed by atoms with E-state index >= 15 is 0 Å². The first-order chi connectivity index (χ1) is 9.31. The van der Waals surface area contributed by atoms with Gasteiger partial charge in [0.05, 0.1) is 11.1 Å². The molecule has 5 heteroatoms. The highest BCUT2D eigenvalue weighted by Crippen LogP contribution is 2.22. The number of nitrogens with one attached hydrogen (secondary N) is 2. The van der Waals surface area contributed by atoms with Gasteiger partial charge >= 0.3 is 0 Å². The summed E-state index contributed by atoms with van der Waals surface area (Å²) >= 11 is 3.41. The van der Waals surface area contributed by atoms with Crippen LogP contribution >= 0.6 is 15.9 Å². The first kappa shape index (κ1) is 15.5. The summed E-state index contributed by atoms with van der Waals surface area (Å²) in [5.41, 5.74) is 0.449. The molecule has 0 radical (unpaired) electrons. The zero-order valence-corrected chi connectivity index (χ0v) is 13.7. The summed E-state index contributed by atoms with van der Waals surface area (Å²) in [4.78, 5) is 12.0. The zero-order valence-electron chi connectivity index (χ0n) is 12.1. The van der Waals surface area contributed by atoms with Crippen molar-refractivity contribution in [3.8, 4) is 0 Å². The Bertz CT molecular complexity index is 481. The molecule has 1 aliphatic heterocycles. The summed E-state index contributed by atoms with van der Waals surface area (Å²) in [6, 6.07) is 7.95. The van der Waals surface area contributed by atoms with Crippen LogP contribution in [0.1, 0.15) is 26.3 Å².